The van der Waals surface area contributed by atoms with E-state index in [1.807, 2.05) is 54.7 Å². The molecule has 146 valence electrons. The molecule has 4 rings (SSSR count). The Morgan fingerprint density at radius 3 is 2.10 bits per heavy atom. The van der Waals surface area contributed by atoms with E-state index in [4.69, 9.17) is 16.3 Å². The van der Waals surface area contributed by atoms with Crippen LogP contribution in [-0.4, -0.2) is 41.1 Å². The minimum Gasteiger partial charge on any atom is -0.491 e. The summed E-state index contributed by atoms with van der Waals surface area (Å²) in [6, 6.07) is 15.4. The van der Waals surface area contributed by atoms with Gasteiger partial charge in [0.1, 0.15) is 23.7 Å². The number of hydrogen-bond acceptors (Lipinski definition) is 4. The van der Waals surface area contributed by atoms with Gasteiger partial charge in [-0.15, -0.1) is 0 Å². The lowest BCUT2D eigenvalue weighted by Crippen LogP contribution is -2.25. The topological polar surface area (TPSA) is 38.2 Å². The molecule has 1 fully saturated rings. The van der Waals surface area contributed by atoms with Gasteiger partial charge in [0, 0.05) is 23.3 Å². The third-order valence-electron chi connectivity index (χ3n) is 4.87. The average Bonchev–Trinajstić information content (AvgIpc) is 3.28. The van der Waals surface area contributed by atoms with E-state index in [9.17, 15) is 0 Å². The lowest BCUT2D eigenvalue weighted by atomic mass is 10.1. The van der Waals surface area contributed by atoms with E-state index in [2.05, 4.69) is 26.7 Å². The normalized spacial score (nSPS) is 13.7. The Bertz CT molecular complexity index is 984. The van der Waals surface area contributed by atoms with Crippen molar-refractivity contribution in [3.8, 4) is 28.7 Å². The van der Waals surface area contributed by atoms with E-state index in [1.54, 1.807) is 6.20 Å². The van der Waals surface area contributed by atoms with Gasteiger partial charge in [0.15, 0.2) is 0 Å². The van der Waals surface area contributed by atoms with Crippen molar-refractivity contribution in [1.29, 1.82) is 0 Å². The van der Waals surface area contributed by atoms with Crippen LogP contribution in [0.5, 0.6) is 5.75 Å². The van der Waals surface area contributed by atoms with Crippen molar-refractivity contribution < 1.29 is 4.74 Å². The lowest BCUT2D eigenvalue weighted by Gasteiger charge is -2.14. The van der Waals surface area contributed by atoms with Crippen LogP contribution >= 0.6 is 11.6 Å². The van der Waals surface area contributed by atoms with Gasteiger partial charge in [0.25, 0.3) is 0 Å². The zero-order valence-electron chi connectivity index (χ0n) is 16.1. The van der Waals surface area contributed by atoms with Crippen LogP contribution in [0, 0.1) is 11.8 Å². The molecule has 0 radical (unpaired) electrons. The summed E-state index contributed by atoms with van der Waals surface area (Å²) in [5.74, 6) is 6.89. The first-order chi connectivity index (χ1) is 14.3. The van der Waals surface area contributed by atoms with E-state index < -0.39 is 0 Å². The molecule has 0 aliphatic carbocycles. The Kier molecular flexibility index (Phi) is 6.41. The van der Waals surface area contributed by atoms with E-state index in [0.29, 0.717) is 18.0 Å². The minimum absolute atomic E-state index is 0.691. The predicted molar refractivity (Wildman–Crippen MR) is 116 cm³/mol. The average molecular weight is 404 g/mol. The SMILES string of the molecule is Clc1ccc(-c2ccc(C#Cc3ccc(OCCN4CCCC4)cn3)nc2)cc1. The predicted octanol–water partition coefficient (Wildman–Crippen LogP) is 4.67. The van der Waals surface area contributed by atoms with Gasteiger partial charge in [-0.2, -0.15) is 0 Å². The molecule has 0 amide bonds. The molecule has 0 N–H and O–H groups in total. The van der Waals surface area contributed by atoms with Crippen LogP contribution in [0.3, 0.4) is 0 Å². The summed E-state index contributed by atoms with van der Waals surface area (Å²) in [5.41, 5.74) is 3.50. The van der Waals surface area contributed by atoms with E-state index in [1.165, 1.54) is 25.9 Å². The molecule has 2 aromatic heterocycles. The molecule has 1 aromatic carbocycles. The number of hydrogen-bond donors (Lipinski definition) is 0. The highest BCUT2D eigenvalue weighted by Crippen LogP contribution is 2.20. The maximum Gasteiger partial charge on any atom is 0.137 e. The number of halogens is 1. The number of rotatable bonds is 5. The van der Waals surface area contributed by atoms with Gasteiger partial charge >= 0.3 is 0 Å². The lowest BCUT2D eigenvalue weighted by molar-refractivity contribution is 0.237. The third-order valence-corrected chi connectivity index (χ3v) is 5.12. The Morgan fingerprint density at radius 1 is 0.828 bits per heavy atom. The molecule has 0 bridgehead atoms. The number of ether oxygens (including phenoxy) is 1. The van der Waals surface area contributed by atoms with Crippen molar-refractivity contribution in [1.82, 2.24) is 14.9 Å². The Labute approximate surface area is 176 Å². The zero-order chi connectivity index (χ0) is 19.9. The molecule has 4 nitrogen and oxygen atoms in total. The van der Waals surface area contributed by atoms with Crippen molar-refractivity contribution in [3.63, 3.8) is 0 Å². The van der Waals surface area contributed by atoms with Crippen LogP contribution in [0.25, 0.3) is 11.1 Å². The smallest absolute Gasteiger partial charge is 0.137 e. The molecule has 5 heteroatoms. The van der Waals surface area contributed by atoms with Crippen molar-refractivity contribution in [2.45, 2.75) is 12.8 Å². The largest absolute Gasteiger partial charge is 0.491 e. The van der Waals surface area contributed by atoms with Gasteiger partial charge < -0.3 is 4.74 Å². The number of pyridine rings is 2. The number of aromatic nitrogens is 2. The molecular formula is C24H22ClN3O. The molecule has 0 saturated carbocycles. The van der Waals surface area contributed by atoms with Gasteiger partial charge in [-0.05, 0) is 73.7 Å². The molecule has 1 aliphatic heterocycles. The highest BCUT2D eigenvalue weighted by atomic mass is 35.5. The summed E-state index contributed by atoms with van der Waals surface area (Å²) in [7, 11) is 0. The van der Waals surface area contributed by atoms with Crippen LogP contribution in [-0.2, 0) is 0 Å². The van der Waals surface area contributed by atoms with Gasteiger partial charge in [-0.1, -0.05) is 29.8 Å². The van der Waals surface area contributed by atoms with Crippen molar-refractivity contribution in [3.05, 3.63) is 77.3 Å². The maximum absolute atomic E-state index is 5.94. The van der Waals surface area contributed by atoms with E-state index in [0.717, 1.165) is 28.4 Å². The summed E-state index contributed by atoms with van der Waals surface area (Å²) in [4.78, 5) is 11.2. The van der Waals surface area contributed by atoms with Crippen LogP contribution in [0.4, 0.5) is 0 Å². The number of likely N-dealkylation sites (tertiary alicyclic amines) is 1. The van der Waals surface area contributed by atoms with Gasteiger partial charge in [-0.3, -0.25) is 4.90 Å². The van der Waals surface area contributed by atoms with E-state index >= 15 is 0 Å². The van der Waals surface area contributed by atoms with Crippen LogP contribution in [0.2, 0.25) is 5.02 Å². The van der Waals surface area contributed by atoms with Gasteiger partial charge in [-0.25, -0.2) is 9.97 Å². The van der Waals surface area contributed by atoms with E-state index in [-0.39, 0.29) is 0 Å². The first-order valence-corrected chi connectivity index (χ1v) is 10.2. The summed E-state index contributed by atoms with van der Waals surface area (Å²) >= 11 is 5.94. The Balaban J connectivity index is 1.32. The second-order valence-electron chi connectivity index (χ2n) is 6.97. The molecule has 1 aliphatic rings. The maximum atomic E-state index is 5.94. The molecule has 29 heavy (non-hydrogen) atoms. The summed E-state index contributed by atoms with van der Waals surface area (Å²) in [6.45, 7) is 4.03. The van der Waals surface area contributed by atoms with Crippen LogP contribution in [0.15, 0.2) is 60.9 Å². The van der Waals surface area contributed by atoms with Gasteiger partial charge in [0.2, 0.25) is 0 Å². The number of nitrogens with zero attached hydrogens (tertiary/aromatic N) is 3. The fourth-order valence-electron chi connectivity index (χ4n) is 3.25. The first-order valence-electron chi connectivity index (χ1n) is 9.81. The van der Waals surface area contributed by atoms with Crippen LogP contribution in [0.1, 0.15) is 24.2 Å². The fraction of sp³-hybridized carbons (Fsp3) is 0.250. The fourth-order valence-corrected chi connectivity index (χ4v) is 3.37. The second kappa shape index (κ2) is 9.56. The van der Waals surface area contributed by atoms with Crippen molar-refractivity contribution in [2.24, 2.45) is 0 Å². The van der Waals surface area contributed by atoms with Crippen molar-refractivity contribution >= 4 is 11.6 Å². The minimum atomic E-state index is 0.691. The third kappa shape index (κ3) is 5.57. The standard InChI is InChI=1S/C24H22ClN3O/c25-21-6-3-19(4-7-21)20-5-8-22(26-17-20)9-10-23-11-12-24(18-27-23)29-16-15-28-13-1-2-14-28/h3-8,11-12,17-18H,1-2,13-16H2. The molecule has 0 unspecified atom stereocenters. The monoisotopic (exact) mass is 403 g/mol. The quantitative estimate of drug-likeness (QED) is 0.580. The molecule has 0 spiro atoms. The highest BCUT2D eigenvalue weighted by molar-refractivity contribution is 6.30. The Morgan fingerprint density at radius 2 is 1.48 bits per heavy atom. The zero-order valence-corrected chi connectivity index (χ0v) is 16.9. The molecule has 1 saturated heterocycles. The Hall–Kier alpha value is -2.87. The first kappa shape index (κ1) is 19.4. The second-order valence-corrected chi connectivity index (χ2v) is 7.40. The van der Waals surface area contributed by atoms with Crippen molar-refractivity contribution in [2.75, 3.05) is 26.2 Å². The summed E-state index contributed by atoms with van der Waals surface area (Å²) in [6.07, 6.45) is 6.14. The highest BCUT2D eigenvalue weighted by Gasteiger charge is 2.10. The molecule has 0 atom stereocenters. The molecule has 3 heterocycles. The summed E-state index contributed by atoms with van der Waals surface area (Å²) in [5, 5.41) is 0.722. The van der Waals surface area contributed by atoms with Gasteiger partial charge in [0.05, 0.1) is 6.20 Å². The summed E-state index contributed by atoms with van der Waals surface area (Å²) < 4.78 is 5.78. The molecular weight excluding hydrogens is 382 g/mol. The molecule has 3 aromatic rings. The van der Waals surface area contributed by atoms with Crippen LogP contribution < -0.4 is 4.74 Å². The number of benzene rings is 1.